The van der Waals surface area contributed by atoms with Crippen LogP contribution in [-0.4, -0.2) is 27.6 Å². The number of hydrogen-bond donors (Lipinski definition) is 1. The van der Waals surface area contributed by atoms with E-state index >= 15 is 0 Å². The molecule has 1 aromatic rings. The Morgan fingerprint density at radius 1 is 1.35 bits per heavy atom. The van der Waals surface area contributed by atoms with Gasteiger partial charge in [0.25, 0.3) is 0 Å². The third kappa shape index (κ3) is 1.16. The lowest BCUT2D eigenvalue weighted by Gasteiger charge is -2.07. The molecule has 0 unspecified atom stereocenters. The van der Waals surface area contributed by atoms with Gasteiger partial charge in [0.15, 0.2) is 5.71 Å². The number of nitrogens with zero attached hydrogens (tertiary/aromatic N) is 4. The number of carbonyl (C=O) groups is 2. The van der Waals surface area contributed by atoms with Crippen LogP contribution in [0.1, 0.15) is 0 Å². The maximum Gasteiger partial charge on any atom is 0.340 e. The van der Waals surface area contributed by atoms with Crippen molar-refractivity contribution in [3.05, 3.63) is 28.9 Å². The van der Waals surface area contributed by atoms with E-state index in [2.05, 4.69) is 20.4 Å². The largest absolute Gasteiger partial charge is 0.478 e. The van der Waals surface area contributed by atoms with Crippen LogP contribution in [-0.2, 0) is 9.59 Å². The normalized spacial score (nSPS) is 16.7. The zero-order chi connectivity index (χ0) is 12.0. The average molecular weight is 228 g/mol. The summed E-state index contributed by atoms with van der Waals surface area (Å²) in [7, 11) is 0. The number of aromatic nitrogens is 1. The van der Waals surface area contributed by atoms with Crippen molar-refractivity contribution in [3.8, 4) is 0 Å². The molecule has 0 bridgehead atoms. The molecule has 0 atom stereocenters. The average Bonchev–Trinajstić information content (AvgIpc) is 2.78. The van der Waals surface area contributed by atoms with Crippen LogP contribution in [0, 0.1) is 0 Å². The fourth-order valence-corrected chi connectivity index (χ4v) is 1.77. The fraction of sp³-hybridized carbons (Fsp3) is 0. The number of pyridine rings is 1. The van der Waals surface area contributed by atoms with Crippen molar-refractivity contribution in [1.82, 2.24) is 4.98 Å². The first-order valence-electron chi connectivity index (χ1n) is 4.67. The Balaban J connectivity index is 2.59. The predicted molar refractivity (Wildman–Crippen MR) is 55.2 cm³/mol. The van der Waals surface area contributed by atoms with Crippen LogP contribution in [0.5, 0.6) is 0 Å². The summed E-state index contributed by atoms with van der Waals surface area (Å²) in [6.07, 6.45) is 1.49. The van der Waals surface area contributed by atoms with Crippen LogP contribution in [0.2, 0.25) is 0 Å². The molecule has 0 spiro atoms. The third-order valence-electron chi connectivity index (χ3n) is 2.47. The SMILES string of the molecule is O=C(O)C1=c2cccnc2=C2N=NN=C2C1=O. The smallest absolute Gasteiger partial charge is 0.340 e. The summed E-state index contributed by atoms with van der Waals surface area (Å²) in [4.78, 5) is 27.0. The molecule has 2 aliphatic rings. The maximum absolute atomic E-state index is 11.9. The number of hydrogen-bond acceptors (Lipinski definition) is 6. The quantitative estimate of drug-likeness (QED) is 0.653. The standard InChI is InChI=1S/C10H4N4O3/c15-9-5(10(16)17)4-2-1-3-11-6(4)7-8(9)13-14-12-7/h1-3H,(H,16,17). The van der Waals surface area contributed by atoms with Crippen molar-refractivity contribution in [2.75, 3.05) is 0 Å². The van der Waals surface area contributed by atoms with E-state index in [0.29, 0.717) is 5.35 Å². The molecule has 1 aliphatic heterocycles. The first kappa shape index (κ1) is 9.52. The monoisotopic (exact) mass is 228 g/mol. The first-order chi connectivity index (χ1) is 8.20. The van der Waals surface area contributed by atoms with Gasteiger partial charge in [-0.1, -0.05) is 6.07 Å². The Hall–Kier alpha value is -2.70. The number of carboxylic acids is 1. The number of ketones is 1. The Morgan fingerprint density at radius 3 is 2.94 bits per heavy atom. The number of carboxylic acid groups (broad SMARTS) is 1. The van der Waals surface area contributed by atoms with E-state index < -0.39 is 11.8 Å². The minimum atomic E-state index is -1.31. The summed E-state index contributed by atoms with van der Waals surface area (Å²) in [5, 5.41) is 20.2. The lowest BCUT2D eigenvalue weighted by Crippen LogP contribution is -2.43. The predicted octanol–water partition coefficient (Wildman–Crippen LogP) is -1.17. The molecule has 0 amide bonds. The van der Waals surface area contributed by atoms with Crippen LogP contribution >= 0.6 is 0 Å². The lowest BCUT2D eigenvalue weighted by atomic mass is 9.97. The number of aliphatic carboxylic acids is 1. The van der Waals surface area contributed by atoms with Gasteiger partial charge in [0.2, 0.25) is 5.78 Å². The van der Waals surface area contributed by atoms with Gasteiger partial charge in [0.1, 0.15) is 16.6 Å². The van der Waals surface area contributed by atoms with Crippen molar-refractivity contribution in [2.24, 2.45) is 15.4 Å². The van der Waals surface area contributed by atoms with Crippen LogP contribution in [0.3, 0.4) is 0 Å². The molecule has 0 saturated carbocycles. The van der Waals surface area contributed by atoms with Gasteiger partial charge in [-0.3, -0.25) is 9.78 Å². The number of rotatable bonds is 1. The molecule has 2 heterocycles. The van der Waals surface area contributed by atoms with Crippen LogP contribution < -0.4 is 10.6 Å². The van der Waals surface area contributed by atoms with Gasteiger partial charge < -0.3 is 5.11 Å². The van der Waals surface area contributed by atoms with Gasteiger partial charge >= 0.3 is 5.97 Å². The van der Waals surface area contributed by atoms with E-state index in [1.807, 2.05) is 0 Å². The second-order valence-corrected chi connectivity index (χ2v) is 3.40. The van der Waals surface area contributed by atoms with Gasteiger partial charge in [-0.2, -0.15) is 0 Å². The Morgan fingerprint density at radius 2 is 2.18 bits per heavy atom. The highest BCUT2D eigenvalue weighted by Crippen LogP contribution is 2.15. The molecule has 0 saturated heterocycles. The number of carbonyl (C=O) groups excluding carboxylic acids is 1. The molecule has 1 aromatic heterocycles. The fourth-order valence-electron chi connectivity index (χ4n) is 1.77. The van der Waals surface area contributed by atoms with Crippen molar-refractivity contribution < 1.29 is 14.7 Å². The third-order valence-corrected chi connectivity index (χ3v) is 2.47. The molecule has 1 aliphatic carbocycles. The van der Waals surface area contributed by atoms with Crippen LogP contribution in [0.15, 0.2) is 33.8 Å². The molecular weight excluding hydrogens is 224 g/mol. The molecule has 3 rings (SSSR count). The summed E-state index contributed by atoms with van der Waals surface area (Å²) < 4.78 is 0. The highest BCUT2D eigenvalue weighted by atomic mass is 16.4. The topological polar surface area (TPSA) is 104 Å². The Labute approximate surface area is 93.5 Å². The second-order valence-electron chi connectivity index (χ2n) is 3.40. The summed E-state index contributed by atoms with van der Waals surface area (Å²) >= 11 is 0. The molecule has 82 valence electrons. The first-order valence-corrected chi connectivity index (χ1v) is 4.67. The molecule has 0 radical (unpaired) electrons. The maximum atomic E-state index is 11.9. The minimum absolute atomic E-state index is 0.0615. The van der Waals surface area contributed by atoms with Gasteiger partial charge in [0, 0.05) is 11.4 Å². The van der Waals surface area contributed by atoms with Crippen LogP contribution in [0.4, 0.5) is 0 Å². The number of fused-ring (bicyclic) bond motifs is 2. The van der Waals surface area contributed by atoms with E-state index in [-0.39, 0.29) is 22.2 Å². The zero-order valence-corrected chi connectivity index (χ0v) is 8.28. The van der Waals surface area contributed by atoms with Gasteiger partial charge in [0.05, 0.1) is 0 Å². The highest BCUT2D eigenvalue weighted by molar-refractivity contribution is 6.70. The summed E-state index contributed by atoms with van der Waals surface area (Å²) in [6, 6.07) is 3.07. The van der Waals surface area contributed by atoms with Gasteiger partial charge in [-0.05, 0) is 11.3 Å². The minimum Gasteiger partial charge on any atom is -0.478 e. The number of Topliss-reactive ketones (excluding diaryl/α,β-unsaturated/α-hetero) is 1. The van der Waals surface area contributed by atoms with E-state index in [1.54, 1.807) is 6.07 Å². The van der Waals surface area contributed by atoms with E-state index in [1.165, 1.54) is 12.3 Å². The van der Waals surface area contributed by atoms with Gasteiger partial charge in [-0.15, -0.1) is 10.2 Å². The Kier molecular flexibility index (Phi) is 1.76. The molecule has 17 heavy (non-hydrogen) atoms. The molecule has 0 fully saturated rings. The molecule has 1 N–H and O–H groups in total. The highest BCUT2D eigenvalue weighted by Gasteiger charge is 2.33. The zero-order valence-electron chi connectivity index (χ0n) is 8.28. The van der Waals surface area contributed by atoms with Crippen molar-refractivity contribution in [1.29, 1.82) is 0 Å². The van der Waals surface area contributed by atoms with E-state index in [0.717, 1.165) is 0 Å². The van der Waals surface area contributed by atoms with E-state index in [9.17, 15) is 9.59 Å². The summed E-state index contributed by atoms with van der Waals surface area (Å²) in [5.74, 6) is -1.99. The van der Waals surface area contributed by atoms with Crippen molar-refractivity contribution in [3.63, 3.8) is 0 Å². The lowest BCUT2D eigenvalue weighted by molar-refractivity contribution is -0.131. The molecule has 0 aromatic carbocycles. The van der Waals surface area contributed by atoms with Crippen LogP contribution in [0.25, 0.3) is 11.3 Å². The molecule has 7 heteroatoms. The van der Waals surface area contributed by atoms with E-state index in [4.69, 9.17) is 5.11 Å². The second kappa shape index (κ2) is 3.14. The van der Waals surface area contributed by atoms with Crippen molar-refractivity contribution >= 4 is 28.7 Å². The summed E-state index contributed by atoms with van der Waals surface area (Å²) in [6.45, 7) is 0. The molecular formula is C10H4N4O3. The Bertz CT molecular complexity index is 745. The van der Waals surface area contributed by atoms with Crippen molar-refractivity contribution in [2.45, 2.75) is 0 Å². The summed E-state index contributed by atoms with van der Waals surface area (Å²) in [5.41, 5.74) is -0.174. The van der Waals surface area contributed by atoms with Gasteiger partial charge in [-0.25, -0.2) is 4.79 Å². The molecule has 7 nitrogen and oxygen atoms in total.